The summed E-state index contributed by atoms with van der Waals surface area (Å²) in [6, 6.07) is 0. The average Bonchev–Trinajstić information content (AvgIpc) is 0.912. The fourth-order valence-electron chi connectivity index (χ4n) is 13.5. The molecule has 0 bridgehead atoms. The Balaban J connectivity index is 5.23. The lowest BCUT2D eigenvalue weighted by Crippen LogP contribution is -2.30. The minimum Gasteiger partial charge on any atom is -0.462 e. The standard InChI is InChI=1S/C86H168O17P2/c1-6-9-12-15-18-21-24-27-30-32-34-35-36-38-41-44-47-50-57-62-67-72-85(90)102-81(75-96-83(88)69-64-59-54-48-45-42-40-37-33-31-28-25-22-19-16-13-10-7-2)77-100-104(92,93)98-73-80(87)74-99-105(94,95)101-78-82(76-97-84(89)70-65-60-55-52-51-53-58-63-68-79(4)5)103-86(91)71-66-61-56-49-46-43-39-29-26-23-20-17-14-11-8-3/h79-82,87H,6-78H2,1-5H3,(H,92,93)(H,94,95)/t80-,81-,82-/m1/s1. The van der Waals surface area contributed by atoms with Crippen LogP contribution in [-0.2, 0) is 65.4 Å². The van der Waals surface area contributed by atoms with E-state index in [0.29, 0.717) is 25.7 Å². The molecule has 0 aliphatic rings. The quantitative estimate of drug-likeness (QED) is 0.0222. The molecule has 5 atom stereocenters. The molecule has 0 aliphatic carbocycles. The first-order valence-corrected chi connectivity index (χ1v) is 47.6. The summed E-state index contributed by atoms with van der Waals surface area (Å²) < 4.78 is 68.9. The molecule has 0 aromatic carbocycles. The van der Waals surface area contributed by atoms with Gasteiger partial charge in [-0.05, 0) is 31.6 Å². The third kappa shape index (κ3) is 79.9. The van der Waals surface area contributed by atoms with Gasteiger partial charge < -0.3 is 33.8 Å². The molecule has 2 unspecified atom stereocenters. The van der Waals surface area contributed by atoms with Crippen molar-refractivity contribution >= 4 is 39.5 Å². The topological polar surface area (TPSA) is 237 Å². The zero-order chi connectivity index (χ0) is 76.9. The Morgan fingerprint density at radius 2 is 0.438 bits per heavy atom. The summed E-state index contributed by atoms with van der Waals surface area (Å²) in [6.07, 6.45) is 72.3. The van der Waals surface area contributed by atoms with Gasteiger partial charge in [0.2, 0.25) is 0 Å². The van der Waals surface area contributed by atoms with E-state index in [0.717, 1.165) is 95.8 Å². The summed E-state index contributed by atoms with van der Waals surface area (Å²) in [7, 11) is -9.93. The largest absolute Gasteiger partial charge is 0.472 e. The molecular formula is C86H168O17P2. The summed E-state index contributed by atoms with van der Waals surface area (Å²) in [5.41, 5.74) is 0. The molecule has 0 fully saturated rings. The van der Waals surface area contributed by atoms with E-state index in [1.165, 1.54) is 289 Å². The lowest BCUT2D eigenvalue weighted by atomic mass is 10.0. The lowest BCUT2D eigenvalue weighted by Gasteiger charge is -2.21. The van der Waals surface area contributed by atoms with Crippen LogP contribution >= 0.6 is 15.6 Å². The minimum atomic E-state index is -4.97. The zero-order valence-electron chi connectivity index (χ0n) is 68.9. The summed E-state index contributed by atoms with van der Waals surface area (Å²) >= 11 is 0. The molecule has 3 N–H and O–H groups in total. The van der Waals surface area contributed by atoms with E-state index in [9.17, 15) is 43.2 Å². The number of carbonyl (C=O) groups is 4. The highest BCUT2D eigenvalue weighted by atomic mass is 31.2. The fraction of sp³-hybridized carbons (Fsp3) is 0.953. The lowest BCUT2D eigenvalue weighted by molar-refractivity contribution is -0.161. The smallest absolute Gasteiger partial charge is 0.462 e. The molecule has 0 saturated heterocycles. The predicted molar refractivity (Wildman–Crippen MR) is 432 cm³/mol. The van der Waals surface area contributed by atoms with Crippen LogP contribution in [0.5, 0.6) is 0 Å². The van der Waals surface area contributed by atoms with Crippen LogP contribution in [0.15, 0.2) is 0 Å². The summed E-state index contributed by atoms with van der Waals surface area (Å²) in [5.74, 6) is -1.37. The van der Waals surface area contributed by atoms with Gasteiger partial charge in [-0.1, -0.05) is 413 Å². The molecule has 0 radical (unpaired) electrons. The third-order valence-corrected chi connectivity index (χ3v) is 22.2. The van der Waals surface area contributed by atoms with Crippen LogP contribution in [-0.4, -0.2) is 96.7 Å². The van der Waals surface area contributed by atoms with Crippen LogP contribution in [0.3, 0.4) is 0 Å². The van der Waals surface area contributed by atoms with Gasteiger partial charge in [0.25, 0.3) is 0 Å². The maximum Gasteiger partial charge on any atom is 0.472 e. The number of hydrogen-bond acceptors (Lipinski definition) is 15. The fourth-order valence-corrected chi connectivity index (χ4v) is 15.1. The number of phosphoric acid groups is 2. The maximum atomic E-state index is 13.1. The van der Waals surface area contributed by atoms with E-state index in [1.54, 1.807) is 0 Å². The first-order valence-electron chi connectivity index (χ1n) is 44.6. The normalized spacial score (nSPS) is 13.8. The van der Waals surface area contributed by atoms with Gasteiger partial charge in [-0.2, -0.15) is 0 Å². The minimum absolute atomic E-state index is 0.108. The maximum absolute atomic E-state index is 13.1. The van der Waals surface area contributed by atoms with Crippen LogP contribution in [0.25, 0.3) is 0 Å². The number of aliphatic hydroxyl groups is 1. The van der Waals surface area contributed by atoms with Gasteiger partial charge in [0.05, 0.1) is 26.4 Å². The van der Waals surface area contributed by atoms with Crippen molar-refractivity contribution in [2.75, 3.05) is 39.6 Å². The van der Waals surface area contributed by atoms with Crippen LogP contribution in [0, 0.1) is 5.92 Å². The van der Waals surface area contributed by atoms with Crippen molar-refractivity contribution in [3.05, 3.63) is 0 Å². The Morgan fingerprint density at radius 3 is 0.648 bits per heavy atom. The van der Waals surface area contributed by atoms with Gasteiger partial charge >= 0.3 is 39.5 Å². The Morgan fingerprint density at radius 1 is 0.257 bits per heavy atom. The first kappa shape index (κ1) is 103. The molecule has 0 spiro atoms. The van der Waals surface area contributed by atoms with Crippen LogP contribution in [0.1, 0.15) is 465 Å². The van der Waals surface area contributed by atoms with Gasteiger partial charge in [0.15, 0.2) is 12.2 Å². The molecular weight excluding hydrogens is 1370 g/mol. The van der Waals surface area contributed by atoms with Crippen LogP contribution in [0.2, 0.25) is 0 Å². The van der Waals surface area contributed by atoms with E-state index in [2.05, 4.69) is 34.6 Å². The van der Waals surface area contributed by atoms with Crippen molar-refractivity contribution in [1.29, 1.82) is 0 Å². The molecule has 0 amide bonds. The first-order chi connectivity index (χ1) is 51.0. The van der Waals surface area contributed by atoms with Crippen molar-refractivity contribution in [3.63, 3.8) is 0 Å². The average molecular weight is 1540 g/mol. The molecule has 624 valence electrons. The number of rotatable bonds is 86. The molecule has 0 aromatic heterocycles. The van der Waals surface area contributed by atoms with Crippen molar-refractivity contribution in [1.82, 2.24) is 0 Å². The van der Waals surface area contributed by atoms with E-state index in [1.807, 2.05) is 0 Å². The van der Waals surface area contributed by atoms with E-state index < -0.39 is 97.5 Å². The van der Waals surface area contributed by atoms with Gasteiger partial charge in [-0.3, -0.25) is 37.3 Å². The summed E-state index contributed by atoms with van der Waals surface area (Å²) in [4.78, 5) is 73.2. The summed E-state index contributed by atoms with van der Waals surface area (Å²) in [5, 5.41) is 10.7. The Hall–Kier alpha value is -1.94. The highest BCUT2D eigenvalue weighted by Crippen LogP contribution is 2.45. The number of hydrogen-bond donors (Lipinski definition) is 3. The number of aliphatic hydroxyl groups excluding tert-OH is 1. The number of carbonyl (C=O) groups excluding carboxylic acids is 4. The number of unbranched alkanes of at least 4 members (excludes halogenated alkanes) is 58. The second-order valence-corrected chi connectivity index (χ2v) is 34.3. The Kier molecular flexibility index (Phi) is 77.3. The van der Waals surface area contributed by atoms with Crippen LogP contribution < -0.4 is 0 Å². The van der Waals surface area contributed by atoms with E-state index in [4.69, 9.17) is 37.0 Å². The van der Waals surface area contributed by atoms with E-state index >= 15 is 0 Å². The molecule has 0 aromatic rings. The van der Waals surface area contributed by atoms with Gasteiger partial charge in [0, 0.05) is 25.7 Å². The molecule has 17 nitrogen and oxygen atoms in total. The summed E-state index contributed by atoms with van der Waals surface area (Å²) in [6.45, 7) is 7.33. The van der Waals surface area contributed by atoms with Gasteiger partial charge in [-0.25, -0.2) is 9.13 Å². The van der Waals surface area contributed by atoms with Crippen molar-refractivity contribution in [3.8, 4) is 0 Å². The SMILES string of the molecule is CCCCCCCCCCCCCCCCCCCCCCCC(=O)O[C@H](COC(=O)CCCCCCCCCCCCCCCCCCCC)COP(=O)(O)OC[C@@H](O)COP(=O)(O)OC[C@@H](COC(=O)CCCCCCCCCCC(C)C)OC(=O)CCCCCCCCCCCCCCCCC. The molecule has 0 heterocycles. The van der Waals surface area contributed by atoms with Crippen molar-refractivity contribution in [2.45, 2.75) is 483 Å². The molecule has 19 heteroatoms. The number of esters is 4. The number of phosphoric ester groups is 2. The van der Waals surface area contributed by atoms with Gasteiger partial charge in [-0.15, -0.1) is 0 Å². The van der Waals surface area contributed by atoms with Crippen molar-refractivity contribution in [2.24, 2.45) is 5.92 Å². The van der Waals surface area contributed by atoms with Crippen LogP contribution in [0.4, 0.5) is 0 Å². The Labute approximate surface area is 645 Å². The number of ether oxygens (including phenoxy) is 4. The highest BCUT2D eigenvalue weighted by molar-refractivity contribution is 7.47. The van der Waals surface area contributed by atoms with Gasteiger partial charge in [0.1, 0.15) is 19.3 Å². The molecule has 105 heavy (non-hydrogen) atoms. The molecule has 0 aliphatic heterocycles. The second-order valence-electron chi connectivity index (χ2n) is 31.4. The molecule has 0 rings (SSSR count). The zero-order valence-corrected chi connectivity index (χ0v) is 70.7. The highest BCUT2D eigenvalue weighted by Gasteiger charge is 2.30. The monoisotopic (exact) mass is 1540 g/mol. The Bertz CT molecular complexity index is 2000. The second kappa shape index (κ2) is 78.7. The molecule has 0 saturated carbocycles. The third-order valence-electron chi connectivity index (χ3n) is 20.3. The van der Waals surface area contributed by atoms with E-state index in [-0.39, 0.29) is 25.7 Å². The van der Waals surface area contributed by atoms with Crippen molar-refractivity contribution < 1.29 is 80.2 Å². The predicted octanol–water partition coefficient (Wildman–Crippen LogP) is 26.4.